The van der Waals surface area contributed by atoms with E-state index in [9.17, 15) is 18.0 Å². The fourth-order valence-electron chi connectivity index (χ4n) is 3.90. The first-order valence-corrected chi connectivity index (χ1v) is 13.4. The van der Waals surface area contributed by atoms with Crippen LogP contribution in [-0.2, 0) is 30.9 Å². The molecule has 0 aliphatic carbocycles. The quantitative estimate of drug-likeness (QED) is 0.447. The summed E-state index contributed by atoms with van der Waals surface area (Å²) in [6.07, 6.45) is 0.705. The number of carbonyl (C=O) groups is 2. The highest BCUT2D eigenvalue weighted by atomic mass is 35.5. The minimum atomic E-state index is -3.67. The molecule has 9 nitrogen and oxygen atoms in total. The predicted octanol–water partition coefficient (Wildman–Crippen LogP) is 3.07. The van der Waals surface area contributed by atoms with Gasteiger partial charge in [0.25, 0.3) is 5.91 Å². The number of carbonyl (C=O) groups excluding carboxylic acids is 2. The van der Waals surface area contributed by atoms with Crippen molar-refractivity contribution >= 4 is 55.1 Å². The first-order chi connectivity index (χ1) is 16.7. The lowest BCUT2D eigenvalue weighted by molar-refractivity contribution is -0.141. The topological polar surface area (TPSA) is 107 Å². The normalized spacial score (nSPS) is 15.9. The van der Waals surface area contributed by atoms with E-state index in [1.807, 2.05) is 0 Å². The third-order valence-corrected chi connectivity index (χ3v) is 9.06. The number of sulfonamides is 1. The minimum Gasteiger partial charge on any atom is -0.497 e. The third kappa shape index (κ3) is 5.43. The summed E-state index contributed by atoms with van der Waals surface area (Å²) < 4.78 is 39.6. The average Bonchev–Trinajstić information content (AvgIpc) is 3.19. The Hall–Kier alpha value is -2.73. The van der Waals surface area contributed by atoms with E-state index in [2.05, 4.69) is 4.99 Å². The number of nitrogens with zero attached hydrogens (tertiary/aromatic N) is 3. The Morgan fingerprint density at radius 1 is 1.11 bits per heavy atom. The SMILES string of the molecule is COC(=O)Cn1c(=NC(=O)C2CCN(S(=O)(=O)c3ccc(OC)cc3)CC2)sc2cc(Cl)ccc21. The Bertz CT molecular complexity index is 1420. The number of thiazole rings is 1. The summed E-state index contributed by atoms with van der Waals surface area (Å²) in [5, 5.41) is 0.535. The number of fused-ring (bicyclic) bond motifs is 1. The zero-order valence-electron chi connectivity index (χ0n) is 19.1. The van der Waals surface area contributed by atoms with Gasteiger partial charge in [0, 0.05) is 24.0 Å². The number of amides is 1. The number of piperidine rings is 1. The first kappa shape index (κ1) is 25.4. The fourth-order valence-corrected chi connectivity index (χ4v) is 6.68. The number of methoxy groups -OCH3 is 2. The number of halogens is 1. The van der Waals surface area contributed by atoms with Crippen molar-refractivity contribution < 1.29 is 27.5 Å². The maximum absolute atomic E-state index is 13.0. The van der Waals surface area contributed by atoms with Crippen LogP contribution in [0.25, 0.3) is 10.2 Å². The van der Waals surface area contributed by atoms with Gasteiger partial charge in [-0.3, -0.25) is 9.59 Å². The van der Waals surface area contributed by atoms with Crippen LogP contribution in [-0.4, -0.2) is 56.5 Å². The molecule has 2 heterocycles. The van der Waals surface area contributed by atoms with Crippen molar-refractivity contribution in [1.82, 2.24) is 8.87 Å². The zero-order valence-corrected chi connectivity index (χ0v) is 21.5. The molecule has 4 rings (SSSR count). The van der Waals surface area contributed by atoms with Crippen molar-refractivity contribution in [2.24, 2.45) is 10.9 Å². The standard InChI is InChI=1S/C23H24ClN3O6S2/c1-32-17-4-6-18(7-5-17)35(30,31)26-11-9-15(10-12-26)22(29)25-23-27(14-21(28)33-2)19-8-3-16(24)13-20(19)34-23/h3-8,13,15H,9-12,14H2,1-2H3. The average molecular weight is 538 g/mol. The molecule has 1 aliphatic rings. The summed E-state index contributed by atoms with van der Waals surface area (Å²) >= 11 is 7.35. The van der Waals surface area contributed by atoms with Crippen molar-refractivity contribution in [3.8, 4) is 5.75 Å². The molecule has 0 atom stereocenters. The fraction of sp³-hybridized carbons (Fsp3) is 0.348. The Balaban J connectivity index is 1.53. The Labute approximate surface area is 211 Å². The highest BCUT2D eigenvalue weighted by Crippen LogP contribution is 2.26. The van der Waals surface area contributed by atoms with Crippen molar-refractivity contribution in [3.63, 3.8) is 0 Å². The predicted molar refractivity (Wildman–Crippen MR) is 132 cm³/mol. The zero-order chi connectivity index (χ0) is 25.2. The second-order valence-electron chi connectivity index (χ2n) is 7.96. The highest BCUT2D eigenvalue weighted by Gasteiger charge is 2.32. The van der Waals surface area contributed by atoms with Gasteiger partial charge < -0.3 is 14.0 Å². The lowest BCUT2D eigenvalue weighted by atomic mass is 9.98. The van der Waals surface area contributed by atoms with Gasteiger partial charge in [-0.25, -0.2) is 8.42 Å². The molecule has 0 saturated carbocycles. The van der Waals surface area contributed by atoms with Crippen LogP contribution in [0.1, 0.15) is 12.8 Å². The number of benzene rings is 2. The van der Waals surface area contributed by atoms with Crippen LogP contribution >= 0.6 is 22.9 Å². The number of aromatic nitrogens is 1. The molecule has 0 spiro atoms. The molecular formula is C23H24ClN3O6S2. The maximum atomic E-state index is 13.0. The van der Waals surface area contributed by atoms with E-state index in [1.54, 1.807) is 34.9 Å². The molecule has 0 unspecified atom stereocenters. The molecule has 0 bridgehead atoms. The molecule has 1 aromatic heterocycles. The second kappa shape index (κ2) is 10.5. The molecule has 1 saturated heterocycles. The number of esters is 1. The summed E-state index contributed by atoms with van der Waals surface area (Å²) in [7, 11) is -0.859. The van der Waals surface area contributed by atoms with Gasteiger partial charge in [0.05, 0.1) is 29.3 Å². The van der Waals surface area contributed by atoms with Crippen molar-refractivity contribution in [2.75, 3.05) is 27.3 Å². The van der Waals surface area contributed by atoms with E-state index in [1.165, 1.54) is 42.0 Å². The first-order valence-electron chi connectivity index (χ1n) is 10.8. The largest absolute Gasteiger partial charge is 0.497 e. The van der Waals surface area contributed by atoms with Crippen LogP contribution in [0.15, 0.2) is 52.4 Å². The summed E-state index contributed by atoms with van der Waals surface area (Å²) in [5.74, 6) is -0.658. The van der Waals surface area contributed by atoms with Crippen LogP contribution in [0.5, 0.6) is 5.75 Å². The van der Waals surface area contributed by atoms with Crippen LogP contribution in [0.2, 0.25) is 5.02 Å². The summed E-state index contributed by atoms with van der Waals surface area (Å²) in [6.45, 7) is 0.331. The Kier molecular flexibility index (Phi) is 7.60. The molecule has 0 radical (unpaired) electrons. The Morgan fingerprint density at radius 3 is 2.43 bits per heavy atom. The summed E-state index contributed by atoms with van der Waals surface area (Å²) in [6, 6.07) is 11.4. The molecular weight excluding hydrogens is 514 g/mol. The van der Waals surface area contributed by atoms with E-state index >= 15 is 0 Å². The van der Waals surface area contributed by atoms with Crippen LogP contribution in [0.3, 0.4) is 0 Å². The monoisotopic (exact) mass is 537 g/mol. The van der Waals surface area contributed by atoms with E-state index in [0.717, 1.165) is 10.2 Å². The van der Waals surface area contributed by atoms with Crippen LogP contribution in [0, 0.1) is 5.92 Å². The van der Waals surface area contributed by atoms with E-state index < -0.39 is 21.9 Å². The minimum absolute atomic E-state index is 0.0944. The van der Waals surface area contributed by atoms with E-state index in [4.69, 9.17) is 21.1 Å². The van der Waals surface area contributed by atoms with Gasteiger partial charge in [0.1, 0.15) is 12.3 Å². The second-order valence-corrected chi connectivity index (χ2v) is 11.3. The molecule has 186 valence electrons. The molecule has 3 aromatic rings. The number of hydrogen-bond acceptors (Lipinski definition) is 7. The molecule has 0 N–H and O–H groups in total. The number of ether oxygens (including phenoxy) is 2. The van der Waals surface area contributed by atoms with Gasteiger partial charge in [-0.15, -0.1) is 0 Å². The molecule has 2 aromatic carbocycles. The van der Waals surface area contributed by atoms with E-state index in [0.29, 0.717) is 28.4 Å². The smallest absolute Gasteiger partial charge is 0.325 e. The number of hydrogen-bond donors (Lipinski definition) is 0. The number of rotatable bonds is 6. The lowest BCUT2D eigenvalue weighted by Crippen LogP contribution is -2.40. The third-order valence-electron chi connectivity index (χ3n) is 5.87. The van der Waals surface area contributed by atoms with Crippen molar-refractivity contribution in [3.05, 3.63) is 52.3 Å². The Morgan fingerprint density at radius 2 is 1.80 bits per heavy atom. The van der Waals surface area contributed by atoms with Gasteiger partial charge >= 0.3 is 5.97 Å². The van der Waals surface area contributed by atoms with Gasteiger partial charge in [0.15, 0.2) is 4.80 Å². The maximum Gasteiger partial charge on any atom is 0.325 e. The molecule has 1 fully saturated rings. The van der Waals surface area contributed by atoms with Gasteiger partial charge in [0.2, 0.25) is 10.0 Å². The van der Waals surface area contributed by atoms with Gasteiger partial charge in [-0.05, 0) is 55.3 Å². The van der Waals surface area contributed by atoms with Crippen molar-refractivity contribution in [2.45, 2.75) is 24.3 Å². The molecule has 1 amide bonds. The molecule has 35 heavy (non-hydrogen) atoms. The van der Waals surface area contributed by atoms with Crippen LogP contribution in [0.4, 0.5) is 0 Å². The summed E-state index contributed by atoms with van der Waals surface area (Å²) in [5.41, 5.74) is 0.719. The van der Waals surface area contributed by atoms with E-state index in [-0.39, 0.29) is 30.4 Å². The molecule has 1 aliphatic heterocycles. The highest BCUT2D eigenvalue weighted by molar-refractivity contribution is 7.89. The lowest BCUT2D eigenvalue weighted by Gasteiger charge is -2.29. The summed E-state index contributed by atoms with van der Waals surface area (Å²) in [4.78, 5) is 29.8. The van der Waals surface area contributed by atoms with Gasteiger partial charge in [-0.2, -0.15) is 9.30 Å². The van der Waals surface area contributed by atoms with Gasteiger partial charge in [-0.1, -0.05) is 22.9 Å². The molecule has 12 heteroatoms. The van der Waals surface area contributed by atoms with Crippen molar-refractivity contribution in [1.29, 1.82) is 0 Å². The van der Waals surface area contributed by atoms with Crippen LogP contribution < -0.4 is 9.54 Å².